The van der Waals surface area contributed by atoms with Crippen molar-refractivity contribution in [3.63, 3.8) is 0 Å². The van der Waals surface area contributed by atoms with E-state index < -0.39 is 9.84 Å². The molecule has 0 fully saturated rings. The molecule has 0 spiro atoms. The van der Waals surface area contributed by atoms with Gasteiger partial charge in [-0.05, 0) is 30.7 Å². The van der Waals surface area contributed by atoms with Gasteiger partial charge in [-0.3, -0.25) is 0 Å². The lowest BCUT2D eigenvalue weighted by Gasteiger charge is -2.03. The molecule has 0 aliphatic carbocycles. The van der Waals surface area contributed by atoms with Crippen molar-refractivity contribution in [1.82, 2.24) is 0 Å². The maximum atomic E-state index is 11.6. The molecule has 2 N–H and O–H groups in total. The Morgan fingerprint density at radius 1 is 1.33 bits per heavy atom. The van der Waals surface area contributed by atoms with E-state index in [0.29, 0.717) is 18.0 Å². The number of nitrogens with two attached hydrogens (primary N) is 1. The minimum absolute atomic E-state index is 0.0353. The van der Waals surface area contributed by atoms with Crippen LogP contribution in [0.5, 0.6) is 0 Å². The second-order valence-electron chi connectivity index (χ2n) is 3.36. The largest absolute Gasteiger partial charge is 0.330 e. The summed E-state index contributed by atoms with van der Waals surface area (Å²) in [5.74, 6) is 0.170. The Hall–Kier alpha value is -0.580. The Labute approximate surface area is 95.2 Å². The van der Waals surface area contributed by atoms with Crippen LogP contribution in [0.2, 0.25) is 5.02 Å². The first-order chi connectivity index (χ1) is 7.03. The molecule has 0 aliphatic rings. The van der Waals surface area contributed by atoms with Crippen LogP contribution in [0.15, 0.2) is 24.3 Å². The summed E-state index contributed by atoms with van der Waals surface area (Å²) < 4.78 is 23.1. The van der Waals surface area contributed by atoms with Gasteiger partial charge in [0.25, 0.3) is 0 Å². The van der Waals surface area contributed by atoms with Crippen molar-refractivity contribution in [2.45, 2.75) is 12.2 Å². The highest BCUT2D eigenvalue weighted by Crippen LogP contribution is 2.13. The van der Waals surface area contributed by atoms with E-state index in [1.54, 1.807) is 24.3 Å². The van der Waals surface area contributed by atoms with Gasteiger partial charge in [-0.2, -0.15) is 0 Å². The SMILES string of the molecule is NCCCS(=O)(=O)Cc1cccc(Cl)c1. The van der Waals surface area contributed by atoms with E-state index in [-0.39, 0.29) is 11.5 Å². The number of halogens is 1. The van der Waals surface area contributed by atoms with E-state index in [2.05, 4.69) is 0 Å². The number of benzene rings is 1. The van der Waals surface area contributed by atoms with E-state index >= 15 is 0 Å². The molecule has 3 nitrogen and oxygen atoms in total. The van der Waals surface area contributed by atoms with E-state index in [1.807, 2.05) is 0 Å². The quantitative estimate of drug-likeness (QED) is 0.860. The summed E-state index contributed by atoms with van der Waals surface area (Å²) in [5, 5.41) is 0.557. The van der Waals surface area contributed by atoms with Crippen LogP contribution >= 0.6 is 11.6 Å². The first-order valence-electron chi connectivity index (χ1n) is 4.68. The third-order valence-electron chi connectivity index (χ3n) is 1.94. The Morgan fingerprint density at radius 2 is 2.07 bits per heavy atom. The first kappa shape index (κ1) is 12.5. The molecule has 0 saturated heterocycles. The van der Waals surface area contributed by atoms with Gasteiger partial charge in [-0.25, -0.2) is 8.42 Å². The highest BCUT2D eigenvalue weighted by molar-refractivity contribution is 7.90. The second kappa shape index (κ2) is 5.49. The summed E-state index contributed by atoms with van der Waals surface area (Å²) >= 11 is 5.76. The zero-order valence-corrected chi connectivity index (χ0v) is 9.89. The smallest absolute Gasteiger partial charge is 0.154 e. The second-order valence-corrected chi connectivity index (χ2v) is 5.98. The van der Waals surface area contributed by atoms with Gasteiger partial charge in [-0.15, -0.1) is 0 Å². The predicted molar refractivity (Wildman–Crippen MR) is 62.6 cm³/mol. The van der Waals surface area contributed by atoms with Crippen molar-refractivity contribution >= 4 is 21.4 Å². The fourth-order valence-electron chi connectivity index (χ4n) is 1.26. The van der Waals surface area contributed by atoms with Gasteiger partial charge >= 0.3 is 0 Å². The van der Waals surface area contributed by atoms with Crippen LogP contribution in [0.1, 0.15) is 12.0 Å². The van der Waals surface area contributed by atoms with Crippen LogP contribution in [-0.2, 0) is 15.6 Å². The molecule has 0 saturated carbocycles. The fraction of sp³-hybridized carbons (Fsp3) is 0.400. The molecule has 0 amide bonds. The van der Waals surface area contributed by atoms with Crippen LogP contribution in [0.3, 0.4) is 0 Å². The van der Waals surface area contributed by atoms with Gasteiger partial charge in [0.05, 0.1) is 11.5 Å². The molecule has 1 aromatic rings. The highest BCUT2D eigenvalue weighted by Gasteiger charge is 2.11. The molecule has 0 unspecified atom stereocenters. The predicted octanol–water partition coefficient (Wildman–Crippen LogP) is 1.60. The topological polar surface area (TPSA) is 60.2 Å². The Kier molecular flexibility index (Phi) is 4.57. The molecule has 0 aliphatic heterocycles. The standard InChI is InChI=1S/C10H14ClNO2S/c11-10-4-1-3-9(7-10)8-15(13,14)6-2-5-12/h1,3-4,7H,2,5-6,8,12H2. The van der Waals surface area contributed by atoms with Crippen molar-refractivity contribution < 1.29 is 8.42 Å². The summed E-state index contributed by atoms with van der Waals surface area (Å²) in [7, 11) is -3.05. The molecule has 84 valence electrons. The van der Waals surface area contributed by atoms with Gasteiger partial charge in [0.1, 0.15) is 0 Å². The Morgan fingerprint density at radius 3 is 2.67 bits per heavy atom. The molecule has 1 rings (SSSR count). The fourth-order valence-corrected chi connectivity index (χ4v) is 2.91. The lowest BCUT2D eigenvalue weighted by atomic mass is 10.2. The molecule has 5 heteroatoms. The van der Waals surface area contributed by atoms with Crippen LogP contribution in [-0.4, -0.2) is 20.7 Å². The summed E-state index contributed by atoms with van der Waals surface area (Å²) in [6.45, 7) is 0.398. The summed E-state index contributed by atoms with van der Waals surface area (Å²) in [4.78, 5) is 0. The molecule has 0 heterocycles. The maximum Gasteiger partial charge on any atom is 0.154 e. The minimum atomic E-state index is -3.05. The summed E-state index contributed by atoms with van der Waals surface area (Å²) in [6, 6.07) is 6.89. The van der Waals surface area contributed by atoms with Gasteiger partial charge in [0.2, 0.25) is 0 Å². The molecule has 0 atom stereocenters. The molecule has 0 aromatic heterocycles. The Balaban J connectivity index is 2.69. The van der Waals surface area contributed by atoms with Crippen molar-refractivity contribution in [3.8, 4) is 0 Å². The molecule has 0 radical (unpaired) electrons. The van der Waals surface area contributed by atoms with Gasteiger partial charge < -0.3 is 5.73 Å². The summed E-state index contributed by atoms with van der Waals surface area (Å²) in [5.41, 5.74) is 5.99. The number of hydrogen-bond acceptors (Lipinski definition) is 3. The van der Waals surface area contributed by atoms with E-state index in [0.717, 1.165) is 5.56 Å². The molecule has 0 bridgehead atoms. The lowest BCUT2D eigenvalue weighted by molar-refractivity contribution is 0.593. The van der Waals surface area contributed by atoms with E-state index in [9.17, 15) is 8.42 Å². The molecule has 15 heavy (non-hydrogen) atoms. The third-order valence-corrected chi connectivity index (χ3v) is 3.85. The van der Waals surface area contributed by atoms with Crippen LogP contribution in [0.4, 0.5) is 0 Å². The summed E-state index contributed by atoms with van der Waals surface area (Å²) in [6.07, 6.45) is 0.503. The monoisotopic (exact) mass is 247 g/mol. The van der Waals surface area contributed by atoms with Crippen LogP contribution < -0.4 is 5.73 Å². The van der Waals surface area contributed by atoms with Crippen molar-refractivity contribution in [2.24, 2.45) is 5.73 Å². The third kappa shape index (κ3) is 4.64. The minimum Gasteiger partial charge on any atom is -0.330 e. The normalized spacial score (nSPS) is 11.6. The maximum absolute atomic E-state index is 11.6. The van der Waals surface area contributed by atoms with E-state index in [4.69, 9.17) is 17.3 Å². The van der Waals surface area contributed by atoms with Crippen molar-refractivity contribution in [2.75, 3.05) is 12.3 Å². The lowest BCUT2D eigenvalue weighted by Crippen LogP contribution is -2.13. The van der Waals surface area contributed by atoms with Crippen molar-refractivity contribution in [3.05, 3.63) is 34.9 Å². The Bertz CT molecular complexity index is 417. The number of hydrogen-bond donors (Lipinski definition) is 1. The molecular formula is C10H14ClNO2S. The van der Waals surface area contributed by atoms with Gasteiger partial charge in [0.15, 0.2) is 9.84 Å². The van der Waals surface area contributed by atoms with Gasteiger partial charge in [0, 0.05) is 5.02 Å². The average Bonchev–Trinajstić information content (AvgIpc) is 2.14. The number of sulfone groups is 1. The van der Waals surface area contributed by atoms with Gasteiger partial charge in [-0.1, -0.05) is 23.7 Å². The van der Waals surface area contributed by atoms with Crippen LogP contribution in [0.25, 0.3) is 0 Å². The molecular weight excluding hydrogens is 234 g/mol. The zero-order chi connectivity index (χ0) is 11.3. The highest BCUT2D eigenvalue weighted by atomic mass is 35.5. The zero-order valence-electron chi connectivity index (χ0n) is 8.32. The van der Waals surface area contributed by atoms with Crippen molar-refractivity contribution in [1.29, 1.82) is 0 Å². The first-order valence-corrected chi connectivity index (χ1v) is 6.88. The van der Waals surface area contributed by atoms with Crippen LogP contribution in [0, 0.1) is 0 Å². The average molecular weight is 248 g/mol. The number of rotatable bonds is 5. The van der Waals surface area contributed by atoms with E-state index in [1.165, 1.54) is 0 Å². The molecule has 1 aromatic carbocycles.